The Morgan fingerprint density at radius 1 is 1.07 bits per heavy atom. The Balaban J connectivity index is 1.67. The van der Waals surface area contributed by atoms with Crippen LogP contribution in [0.25, 0.3) is 16.9 Å². The number of nitrogens with zero attached hydrogens (tertiary/aromatic N) is 4. The predicted molar refractivity (Wildman–Crippen MR) is 100 cm³/mol. The zero-order valence-corrected chi connectivity index (χ0v) is 15.1. The molecule has 1 aromatic heterocycles. The van der Waals surface area contributed by atoms with Gasteiger partial charge in [-0.25, -0.2) is 4.68 Å². The van der Waals surface area contributed by atoms with Crippen molar-refractivity contribution in [2.75, 3.05) is 27.2 Å². The van der Waals surface area contributed by atoms with Crippen molar-refractivity contribution in [1.82, 2.24) is 19.9 Å². The second-order valence-electron chi connectivity index (χ2n) is 6.47. The summed E-state index contributed by atoms with van der Waals surface area (Å²) in [6.07, 6.45) is 1.17. The van der Waals surface area contributed by atoms with Crippen molar-refractivity contribution in [2.45, 2.75) is 6.10 Å². The van der Waals surface area contributed by atoms with Crippen molar-refractivity contribution in [3.05, 3.63) is 48.7 Å². The maximum Gasteiger partial charge on any atom is 0.158 e. The van der Waals surface area contributed by atoms with Crippen LogP contribution in [0.4, 0.5) is 0 Å². The summed E-state index contributed by atoms with van der Waals surface area (Å²) in [5.41, 5.74) is 2.00. The third-order valence-corrected chi connectivity index (χ3v) is 3.88. The van der Waals surface area contributed by atoms with Crippen molar-refractivity contribution in [2.24, 2.45) is 0 Å². The van der Waals surface area contributed by atoms with Gasteiger partial charge in [-0.3, -0.25) is 0 Å². The zero-order valence-electron chi connectivity index (χ0n) is 15.1. The van der Waals surface area contributed by atoms with Crippen LogP contribution >= 0.6 is 0 Å². The summed E-state index contributed by atoms with van der Waals surface area (Å²) in [4.78, 5) is 1.90. The van der Waals surface area contributed by atoms with E-state index >= 15 is 0 Å². The Kier molecular flexibility index (Phi) is 5.58. The third kappa shape index (κ3) is 4.75. The molecule has 1 atom stereocenters. The minimum Gasteiger partial charge on any atom is -0.504 e. The van der Waals surface area contributed by atoms with E-state index in [1.807, 2.05) is 31.1 Å². The number of phenolic OH excluding ortho intramolecular Hbond substituents is 2. The molecule has 3 aromatic rings. The molecule has 1 unspecified atom stereocenters. The molecule has 27 heavy (non-hydrogen) atoms. The van der Waals surface area contributed by atoms with Crippen molar-refractivity contribution >= 4 is 0 Å². The molecule has 0 aliphatic carbocycles. The maximum absolute atomic E-state index is 9.84. The lowest BCUT2D eigenvalue weighted by Gasteiger charge is -2.16. The Labute approximate surface area is 156 Å². The molecule has 8 heteroatoms. The fraction of sp³-hybridized carbons (Fsp3) is 0.263. The van der Waals surface area contributed by atoms with Gasteiger partial charge in [0.15, 0.2) is 11.5 Å². The molecule has 0 radical (unpaired) electrons. The normalized spacial score (nSPS) is 12.3. The Hall–Kier alpha value is -3.10. The fourth-order valence-corrected chi connectivity index (χ4v) is 2.57. The first kappa shape index (κ1) is 18.7. The van der Waals surface area contributed by atoms with E-state index in [4.69, 9.17) is 4.74 Å². The smallest absolute Gasteiger partial charge is 0.158 e. The summed E-state index contributed by atoms with van der Waals surface area (Å²) in [5.74, 6) is 0.262. The fourth-order valence-electron chi connectivity index (χ4n) is 2.57. The number of aliphatic hydroxyl groups excluding tert-OH is 1. The van der Waals surface area contributed by atoms with Crippen LogP contribution in [0, 0.1) is 0 Å². The average Bonchev–Trinajstić information content (AvgIpc) is 3.12. The van der Waals surface area contributed by atoms with Crippen LogP contribution in [0.3, 0.4) is 0 Å². The first-order chi connectivity index (χ1) is 12.9. The molecular formula is C19H22N4O4. The maximum atomic E-state index is 9.84. The molecule has 0 aliphatic rings. The molecule has 0 aliphatic heterocycles. The number of aromatic hydroxyl groups is 2. The highest BCUT2D eigenvalue weighted by molar-refractivity contribution is 5.62. The number of hydrogen-bond donors (Lipinski definition) is 3. The van der Waals surface area contributed by atoms with Crippen LogP contribution in [-0.2, 0) is 0 Å². The number of phenols is 2. The quantitative estimate of drug-likeness (QED) is 0.543. The lowest BCUT2D eigenvalue weighted by molar-refractivity contribution is 0.0831. The van der Waals surface area contributed by atoms with Gasteiger partial charge in [-0.1, -0.05) is 5.21 Å². The van der Waals surface area contributed by atoms with E-state index in [-0.39, 0.29) is 18.1 Å². The van der Waals surface area contributed by atoms with Crippen LogP contribution in [0.15, 0.2) is 48.7 Å². The molecule has 1 heterocycles. The van der Waals surface area contributed by atoms with Gasteiger partial charge in [0.05, 0.1) is 11.9 Å². The van der Waals surface area contributed by atoms with Gasteiger partial charge in [0, 0.05) is 12.1 Å². The molecule has 0 fully saturated rings. The van der Waals surface area contributed by atoms with E-state index in [0.717, 1.165) is 5.69 Å². The van der Waals surface area contributed by atoms with Crippen molar-refractivity contribution < 1.29 is 20.1 Å². The minimum absolute atomic E-state index is 0.183. The number of rotatable bonds is 7. The molecule has 0 saturated carbocycles. The second kappa shape index (κ2) is 8.07. The molecule has 2 aromatic carbocycles. The van der Waals surface area contributed by atoms with Crippen LogP contribution in [-0.4, -0.2) is 68.6 Å². The summed E-state index contributed by atoms with van der Waals surface area (Å²) < 4.78 is 7.19. The number of aliphatic hydroxyl groups is 1. The van der Waals surface area contributed by atoms with Gasteiger partial charge < -0.3 is 25.0 Å². The average molecular weight is 370 g/mol. The van der Waals surface area contributed by atoms with E-state index in [1.165, 1.54) is 12.1 Å². The number of hydrogen-bond acceptors (Lipinski definition) is 7. The molecule has 0 bridgehead atoms. The first-order valence-corrected chi connectivity index (χ1v) is 8.43. The van der Waals surface area contributed by atoms with Gasteiger partial charge >= 0.3 is 0 Å². The summed E-state index contributed by atoms with van der Waals surface area (Å²) in [5, 5.41) is 37.0. The molecule has 3 N–H and O–H groups in total. The molecular weight excluding hydrogens is 348 g/mol. The first-order valence-electron chi connectivity index (χ1n) is 8.43. The van der Waals surface area contributed by atoms with E-state index < -0.39 is 6.10 Å². The Morgan fingerprint density at radius 3 is 2.48 bits per heavy atom. The second-order valence-corrected chi connectivity index (χ2v) is 6.47. The van der Waals surface area contributed by atoms with Gasteiger partial charge in [0.25, 0.3) is 0 Å². The lowest BCUT2D eigenvalue weighted by atomic mass is 10.1. The molecule has 0 saturated heterocycles. The zero-order chi connectivity index (χ0) is 19.4. The van der Waals surface area contributed by atoms with Crippen LogP contribution in [0.5, 0.6) is 17.2 Å². The van der Waals surface area contributed by atoms with Crippen molar-refractivity contribution in [3.8, 4) is 34.2 Å². The largest absolute Gasteiger partial charge is 0.504 e. The highest BCUT2D eigenvalue weighted by Crippen LogP contribution is 2.29. The monoisotopic (exact) mass is 370 g/mol. The highest BCUT2D eigenvalue weighted by Gasteiger charge is 2.09. The van der Waals surface area contributed by atoms with Gasteiger partial charge in [-0.05, 0) is 56.6 Å². The standard InChI is InChI=1S/C19H22N4O4/c1-22(2)10-15(24)12-27-16-6-4-14(5-7-16)23-11-17(20-21-23)13-3-8-18(25)19(26)9-13/h3-9,11,15,24-26H,10,12H2,1-2H3. The number of ether oxygens (including phenoxy) is 1. The number of benzene rings is 2. The summed E-state index contributed by atoms with van der Waals surface area (Å²) in [7, 11) is 3.79. The summed E-state index contributed by atoms with van der Waals surface area (Å²) in [6.45, 7) is 0.752. The number of aromatic nitrogens is 3. The van der Waals surface area contributed by atoms with Crippen LogP contribution in [0.2, 0.25) is 0 Å². The SMILES string of the molecule is CN(C)CC(O)COc1ccc(-n2cc(-c3ccc(O)c(O)c3)nn2)cc1. The van der Waals surface area contributed by atoms with Gasteiger partial charge in [0.2, 0.25) is 0 Å². The minimum atomic E-state index is -0.556. The third-order valence-electron chi connectivity index (χ3n) is 3.88. The topological polar surface area (TPSA) is 104 Å². The van der Waals surface area contributed by atoms with Crippen molar-refractivity contribution in [3.63, 3.8) is 0 Å². The predicted octanol–water partition coefficient (Wildman–Crippen LogP) is 1.65. The van der Waals surface area contributed by atoms with E-state index in [9.17, 15) is 15.3 Å². The van der Waals surface area contributed by atoms with Crippen LogP contribution in [0.1, 0.15) is 0 Å². The molecule has 142 valence electrons. The summed E-state index contributed by atoms with van der Waals surface area (Å²) in [6, 6.07) is 11.7. The van der Waals surface area contributed by atoms with Gasteiger partial charge in [0.1, 0.15) is 24.2 Å². The molecule has 0 amide bonds. The van der Waals surface area contributed by atoms with E-state index in [0.29, 0.717) is 23.6 Å². The molecule has 3 rings (SSSR count). The van der Waals surface area contributed by atoms with Crippen molar-refractivity contribution in [1.29, 1.82) is 0 Å². The van der Waals surface area contributed by atoms with E-state index in [2.05, 4.69) is 10.3 Å². The van der Waals surface area contributed by atoms with Crippen LogP contribution < -0.4 is 4.74 Å². The summed E-state index contributed by atoms with van der Waals surface area (Å²) >= 11 is 0. The number of likely N-dealkylation sites (N-methyl/N-ethyl adjacent to an activating group) is 1. The lowest BCUT2D eigenvalue weighted by Crippen LogP contribution is -2.30. The Morgan fingerprint density at radius 2 is 1.81 bits per heavy atom. The van der Waals surface area contributed by atoms with E-state index in [1.54, 1.807) is 29.1 Å². The highest BCUT2D eigenvalue weighted by atomic mass is 16.5. The molecule has 8 nitrogen and oxygen atoms in total. The molecule has 0 spiro atoms. The van der Waals surface area contributed by atoms with Gasteiger partial charge in [-0.2, -0.15) is 0 Å². The Bertz CT molecular complexity index is 893. The van der Waals surface area contributed by atoms with Gasteiger partial charge in [-0.15, -0.1) is 5.10 Å².